The largest absolute Gasteiger partial charge is 0.236 e. The Hall–Kier alpha value is -2.52. The second-order valence-corrected chi connectivity index (χ2v) is 8.28. The third-order valence-electron chi connectivity index (χ3n) is 5.06. The van der Waals surface area contributed by atoms with E-state index in [1.54, 1.807) is 0 Å². The maximum atomic E-state index is 4.91. The molecule has 0 atom stereocenters. The van der Waals surface area contributed by atoms with Crippen LogP contribution in [0.5, 0.6) is 0 Å². The van der Waals surface area contributed by atoms with Crippen LogP contribution in [-0.4, -0.2) is 9.97 Å². The summed E-state index contributed by atoms with van der Waals surface area (Å²) in [5.41, 5.74) is 7.56. The molecule has 2 aromatic heterocycles. The lowest BCUT2D eigenvalue weighted by Crippen LogP contribution is -2.01. The van der Waals surface area contributed by atoms with Crippen molar-refractivity contribution in [2.45, 2.75) is 40.0 Å². The summed E-state index contributed by atoms with van der Waals surface area (Å²) in [6, 6.07) is 19.4. The second kappa shape index (κ2) is 7.61. The first-order valence-corrected chi connectivity index (χ1v) is 10.3. The Morgan fingerprint density at radius 3 is 2.26 bits per heavy atom. The van der Waals surface area contributed by atoms with E-state index in [0.717, 1.165) is 30.6 Å². The molecule has 4 aromatic rings. The van der Waals surface area contributed by atoms with E-state index in [9.17, 15) is 0 Å². The average Bonchev–Trinajstić information content (AvgIpc) is 2.97. The SMILES string of the molecule is CCc1nc(Cc2cccc(Cc3ccccc3)c2)nc2c(C)c(C)sc12. The van der Waals surface area contributed by atoms with Gasteiger partial charge in [-0.25, -0.2) is 9.97 Å². The zero-order valence-corrected chi connectivity index (χ0v) is 16.9. The van der Waals surface area contributed by atoms with Gasteiger partial charge in [-0.1, -0.05) is 61.5 Å². The molecular weight excluding hydrogens is 348 g/mol. The molecule has 4 rings (SSSR count). The third-order valence-corrected chi connectivity index (χ3v) is 6.31. The Labute approximate surface area is 164 Å². The van der Waals surface area contributed by atoms with E-state index in [2.05, 4.69) is 75.4 Å². The van der Waals surface area contributed by atoms with Gasteiger partial charge >= 0.3 is 0 Å². The molecular formula is C24H24N2S. The number of aryl methyl sites for hydroxylation is 3. The van der Waals surface area contributed by atoms with E-state index < -0.39 is 0 Å². The Bertz CT molecular complexity index is 1080. The number of hydrogen-bond donors (Lipinski definition) is 0. The zero-order valence-electron chi connectivity index (χ0n) is 16.1. The number of rotatable bonds is 5. The highest BCUT2D eigenvalue weighted by atomic mass is 32.1. The van der Waals surface area contributed by atoms with Gasteiger partial charge in [-0.2, -0.15) is 0 Å². The summed E-state index contributed by atoms with van der Waals surface area (Å²) in [5.74, 6) is 0.928. The molecule has 0 fully saturated rings. The van der Waals surface area contributed by atoms with E-state index >= 15 is 0 Å². The van der Waals surface area contributed by atoms with Gasteiger partial charge in [0.05, 0.1) is 15.9 Å². The Kier molecular flexibility index (Phi) is 5.04. The highest BCUT2D eigenvalue weighted by Gasteiger charge is 2.13. The number of aromatic nitrogens is 2. The van der Waals surface area contributed by atoms with Gasteiger partial charge in [0.25, 0.3) is 0 Å². The van der Waals surface area contributed by atoms with Crippen LogP contribution in [0, 0.1) is 13.8 Å². The summed E-state index contributed by atoms with van der Waals surface area (Å²) in [6.07, 6.45) is 2.68. The van der Waals surface area contributed by atoms with Crippen LogP contribution in [-0.2, 0) is 19.3 Å². The van der Waals surface area contributed by atoms with Crippen molar-refractivity contribution in [3.05, 3.63) is 93.2 Å². The van der Waals surface area contributed by atoms with E-state index in [1.807, 2.05) is 11.3 Å². The minimum absolute atomic E-state index is 0.778. The van der Waals surface area contributed by atoms with Crippen LogP contribution >= 0.6 is 11.3 Å². The smallest absolute Gasteiger partial charge is 0.133 e. The van der Waals surface area contributed by atoms with Crippen molar-refractivity contribution in [3.63, 3.8) is 0 Å². The molecule has 0 spiro atoms. The number of nitrogens with zero attached hydrogens (tertiary/aromatic N) is 2. The van der Waals surface area contributed by atoms with Gasteiger partial charge in [-0.05, 0) is 48.9 Å². The normalized spacial score (nSPS) is 11.2. The molecule has 27 heavy (non-hydrogen) atoms. The van der Waals surface area contributed by atoms with Crippen molar-refractivity contribution in [1.29, 1.82) is 0 Å². The molecule has 0 saturated carbocycles. The fourth-order valence-electron chi connectivity index (χ4n) is 3.49. The molecule has 0 aliphatic carbocycles. The van der Waals surface area contributed by atoms with Crippen LogP contribution in [0.25, 0.3) is 10.2 Å². The lowest BCUT2D eigenvalue weighted by Gasteiger charge is -2.07. The molecule has 0 unspecified atom stereocenters. The molecule has 0 saturated heterocycles. The molecule has 0 bridgehead atoms. The molecule has 3 heteroatoms. The number of benzene rings is 2. The first kappa shape index (κ1) is 17.9. The van der Waals surface area contributed by atoms with Gasteiger partial charge < -0.3 is 0 Å². The fourth-order valence-corrected chi connectivity index (χ4v) is 4.65. The summed E-state index contributed by atoms with van der Waals surface area (Å²) in [7, 11) is 0. The fraction of sp³-hybridized carbons (Fsp3) is 0.250. The van der Waals surface area contributed by atoms with Crippen molar-refractivity contribution < 1.29 is 0 Å². The van der Waals surface area contributed by atoms with Gasteiger partial charge in [0, 0.05) is 11.3 Å². The molecule has 136 valence electrons. The van der Waals surface area contributed by atoms with E-state index in [4.69, 9.17) is 9.97 Å². The van der Waals surface area contributed by atoms with Crippen molar-refractivity contribution in [2.75, 3.05) is 0 Å². The molecule has 0 aliphatic heterocycles. The summed E-state index contributed by atoms with van der Waals surface area (Å²) in [4.78, 5) is 11.1. The highest BCUT2D eigenvalue weighted by molar-refractivity contribution is 7.19. The lowest BCUT2D eigenvalue weighted by molar-refractivity contribution is 0.932. The molecule has 2 nitrogen and oxygen atoms in total. The average molecular weight is 373 g/mol. The maximum absolute atomic E-state index is 4.91. The second-order valence-electron chi connectivity index (χ2n) is 7.06. The summed E-state index contributed by atoms with van der Waals surface area (Å²) in [6.45, 7) is 6.52. The summed E-state index contributed by atoms with van der Waals surface area (Å²) in [5, 5.41) is 0. The minimum atomic E-state index is 0.778. The number of fused-ring (bicyclic) bond motifs is 1. The molecule has 0 radical (unpaired) electrons. The molecule has 2 aromatic carbocycles. The van der Waals surface area contributed by atoms with Crippen LogP contribution < -0.4 is 0 Å². The van der Waals surface area contributed by atoms with Crippen molar-refractivity contribution in [1.82, 2.24) is 9.97 Å². The van der Waals surface area contributed by atoms with E-state index in [0.29, 0.717) is 0 Å². The standard InChI is InChI=1S/C24H24N2S/c1-4-21-24-23(16(2)17(3)27-24)26-22(25-21)15-20-12-8-11-19(14-20)13-18-9-6-5-7-10-18/h5-12,14H,4,13,15H2,1-3H3. The predicted molar refractivity (Wildman–Crippen MR) is 115 cm³/mol. The zero-order chi connectivity index (χ0) is 18.8. The van der Waals surface area contributed by atoms with Gasteiger partial charge in [0.15, 0.2) is 0 Å². The Morgan fingerprint density at radius 1 is 0.815 bits per heavy atom. The quantitative estimate of drug-likeness (QED) is 0.426. The summed E-state index contributed by atoms with van der Waals surface area (Å²) < 4.78 is 1.26. The Balaban J connectivity index is 1.64. The van der Waals surface area contributed by atoms with Gasteiger partial charge in [-0.15, -0.1) is 11.3 Å². The van der Waals surface area contributed by atoms with Gasteiger partial charge in [-0.3, -0.25) is 0 Å². The Morgan fingerprint density at radius 2 is 1.52 bits per heavy atom. The first-order chi connectivity index (χ1) is 13.1. The summed E-state index contributed by atoms with van der Waals surface area (Å²) >= 11 is 1.82. The van der Waals surface area contributed by atoms with E-state index in [-0.39, 0.29) is 0 Å². The maximum Gasteiger partial charge on any atom is 0.133 e. The molecule has 0 N–H and O–H groups in total. The van der Waals surface area contributed by atoms with Gasteiger partial charge in [0.1, 0.15) is 5.82 Å². The topological polar surface area (TPSA) is 25.8 Å². The first-order valence-electron chi connectivity index (χ1n) is 9.51. The van der Waals surface area contributed by atoms with Crippen LogP contribution in [0.4, 0.5) is 0 Å². The monoisotopic (exact) mass is 372 g/mol. The van der Waals surface area contributed by atoms with Crippen LogP contribution in [0.3, 0.4) is 0 Å². The van der Waals surface area contributed by atoms with Gasteiger partial charge in [0.2, 0.25) is 0 Å². The number of hydrogen-bond acceptors (Lipinski definition) is 3. The predicted octanol–water partition coefficient (Wildman–Crippen LogP) is 6.05. The van der Waals surface area contributed by atoms with Crippen molar-refractivity contribution in [2.24, 2.45) is 0 Å². The molecule has 0 aliphatic rings. The minimum Gasteiger partial charge on any atom is -0.236 e. The highest BCUT2D eigenvalue weighted by Crippen LogP contribution is 2.31. The van der Waals surface area contributed by atoms with Crippen LogP contribution in [0.15, 0.2) is 54.6 Å². The third kappa shape index (κ3) is 3.79. The van der Waals surface area contributed by atoms with Crippen LogP contribution in [0.1, 0.15) is 45.6 Å². The molecule has 2 heterocycles. The van der Waals surface area contributed by atoms with Crippen molar-refractivity contribution in [3.8, 4) is 0 Å². The lowest BCUT2D eigenvalue weighted by atomic mass is 10.0. The van der Waals surface area contributed by atoms with Crippen LogP contribution in [0.2, 0.25) is 0 Å². The number of thiophene rings is 1. The molecule has 0 amide bonds. The van der Waals surface area contributed by atoms with Crippen molar-refractivity contribution >= 4 is 21.6 Å². The van der Waals surface area contributed by atoms with E-state index in [1.165, 1.54) is 37.5 Å².